The van der Waals surface area contributed by atoms with Gasteiger partial charge in [-0.3, -0.25) is 32.2 Å². The Bertz CT molecular complexity index is 552. The number of carboxylic acids is 1. The Kier molecular flexibility index (Phi) is 17.4. The molecule has 0 unspecified atom stereocenters. The van der Waals surface area contributed by atoms with Crippen molar-refractivity contribution in [3.05, 3.63) is 0 Å². The van der Waals surface area contributed by atoms with Crippen molar-refractivity contribution >= 4 is 47.0 Å². The van der Waals surface area contributed by atoms with Crippen LogP contribution in [0.15, 0.2) is 0 Å². The summed E-state index contributed by atoms with van der Waals surface area (Å²) in [6.45, 7) is 3.75. The van der Waals surface area contributed by atoms with E-state index in [4.69, 9.17) is 10.5 Å². The highest BCUT2D eigenvalue weighted by Crippen LogP contribution is 2.05. The van der Waals surface area contributed by atoms with Crippen LogP contribution in [0, 0.1) is 0 Å². The number of halogens is 1. The van der Waals surface area contributed by atoms with E-state index in [-0.39, 0.29) is 31.5 Å². The second-order valence-electron chi connectivity index (χ2n) is 7.11. The molecule has 11 nitrogen and oxygen atoms in total. The average molecular weight is 557 g/mol. The van der Waals surface area contributed by atoms with Gasteiger partial charge in [-0.1, -0.05) is 0 Å². The Labute approximate surface area is 198 Å². The Balaban J connectivity index is 4.76. The molecule has 0 aromatic carbocycles. The van der Waals surface area contributed by atoms with Crippen molar-refractivity contribution in [1.82, 2.24) is 17.8 Å². The first-order valence-electron chi connectivity index (χ1n) is 10.2. The van der Waals surface area contributed by atoms with Crippen molar-refractivity contribution in [3.63, 3.8) is 0 Å². The van der Waals surface area contributed by atoms with Crippen molar-refractivity contribution in [1.29, 1.82) is 0 Å². The van der Waals surface area contributed by atoms with Crippen molar-refractivity contribution in [2.75, 3.05) is 79.6 Å². The van der Waals surface area contributed by atoms with E-state index in [0.717, 1.165) is 6.29 Å². The van der Waals surface area contributed by atoms with Gasteiger partial charge < -0.3 is 20.4 Å². The minimum Gasteiger partial charge on any atom is -0.480 e. The molecule has 0 rings (SSSR count). The largest absolute Gasteiger partial charge is 0.480 e. The zero-order valence-corrected chi connectivity index (χ0v) is 20.7. The molecule has 0 aliphatic carbocycles. The SMILES string of the molecule is COC(=O)CN(CCN(CC=O)CCN)CCN(CCCCC(=O)N(C)I)CC(=O)O. The summed E-state index contributed by atoms with van der Waals surface area (Å²) in [5.41, 5.74) is 5.57. The van der Waals surface area contributed by atoms with Gasteiger partial charge in [-0.2, -0.15) is 0 Å². The summed E-state index contributed by atoms with van der Waals surface area (Å²) in [5, 5.41) is 9.20. The fourth-order valence-electron chi connectivity index (χ4n) is 2.89. The first-order chi connectivity index (χ1) is 14.7. The number of carbonyl (C=O) groups is 4. The number of rotatable bonds is 19. The molecule has 0 aromatic rings. The lowest BCUT2D eigenvalue weighted by Gasteiger charge is -2.28. The molecule has 0 spiro atoms. The molecule has 0 saturated carbocycles. The first kappa shape index (κ1) is 29.7. The number of ether oxygens (including phenoxy) is 1. The first-order valence-corrected chi connectivity index (χ1v) is 11.2. The number of esters is 1. The van der Waals surface area contributed by atoms with E-state index >= 15 is 0 Å². The van der Waals surface area contributed by atoms with Gasteiger partial charge in [0.25, 0.3) is 0 Å². The standard InChI is InChI=1S/C19H36IN5O6/c1-22(20)17(27)5-3-4-7-24(15-18(28)29)11-12-25(16-19(30)31-2)10-9-23(8-6-21)13-14-26/h14H,3-13,15-16,21H2,1-2H3,(H,28,29). The number of hydrogen-bond acceptors (Lipinski definition) is 9. The number of methoxy groups -OCH3 is 1. The van der Waals surface area contributed by atoms with Gasteiger partial charge in [0.1, 0.15) is 6.29 Å². The molecule has 0 heterocycles. The summed E-state index contributed by atoms with van der Waals surface area (Å²) in [7, 11) is 3.01. The van der Waals surface area contributed by atoms with Crippen LogP contribution in [0.25, 0.3) is 0 Å². The topological polar surface area (TPSA) is 137 Å². The van der Waals surface area contributed by atoms with Crippen LogP contribution in [0.2, 0.25) is 0 Å². The lowest BCUT2D eigenvalue weighted by molar-refractivity contribution is -0.142. The smallest absolute Gasteiger partial charge is 0.319 e. The van der Waals surface area contributed by atoms with E-state index in [1.54, 1.807) is 11.9 Å². The highest BCUT2D eigenvalue weighted by atomic mass is 127. The predicted octanol–water partition coefficient (Wildman–Crippen LogP) is -0.714. The molecule has 0 saturated heterocycles. The molecule has 1 amide bonds. The van der Waals surface area contributed by atoms with Crippen LogP contribution in [0.4, 0.5) is 0 Å². The van der Waals surface area contributed by atoms with E-state index in [2.05, 4.69) is 0 Å². The van der Waals surface area contributed by atoms with Crippen molar-refractivity contribution in [3.8, 4) is 0 Å². The molecule has 31 heavy (non-hydrogen) atoms. The highest BCUT2D eigenvalue weighted by molar-refractivity contribution is 14.1. The number of nitrogens with two attached hydrogens (primary N) is 1. The molecule has 0 aromatic heterocycles. The van der Waals surface area contributed by atoms with Gasteiger partial charge in [-0.05, 0) is 19.4 Å². The molecule has 180 valence electrons. The zero-order valence-electron chi connectivity index (χ0n) is 18.5. The Morgan fingerprint density at radius 2 is 1.55 bits per heavy atom. The van der Waals surface area contributed by atoms with Crippen LogP contribution in [-0.2, 0) is 23.9 Å². The Hall–Kier alpha value is -1.35. The molecular weight excluding hydrogens is 521 g/mol. The number of carboxylic acid groups (broad SMARTS) is 1. The van der Waals surface area contributed by atoms with E-state index < -0.39 is 5.97 Å². The van der Waals surface area contributed by atoms with E-state index in [9.17, 15) is 24.3 Å². The van der Waals surface area contributed by atoms with Gasteiger partial charge in [0.15, 0.2) is 0 Å². The highest BCUT2D eigenvalue weighted by Gasteiger charge is 2.16. The Morgan fingerprint density at radius 1 is 0.968 bits per heavy atom. The van der Waals surface area contributed by atoms with Gasteiger partial charge >= 0.3 is 11.9 Å². The minimum absolute atomic E-state index is 0.0343. The van der Waals surface area contributed by atoms with Crippen LogP contribution in [0.3, 0.4) is 0 Å². The number of carbonyl (C=O) groups excluding carboxylic acids is 3. The van der Waals surface area contributed by atoms with Crippen LogP contribution >= 0.6 is 22.9 Å². The molecule has 0 fully saturated rings. The normalized spacial score (nSPS) is 11.2. The van der Waals surface area contributed by atoms with E-state index in [0.29, 0.717) is 65.1 Å². The summed E-state index contributed by atoms with van der Waals surface area (Å²) in [5.74, 6) is -1.28. The summed E-state index contributed by atoms with van der Waals surface area (Å²) in [6, 6.07) is 0. The van der Waals surface area contributed by atoms with Gasteiger partial charge in [-0.25, -0.2) is 0 Å². The zero-order chi connectivity index (χ0) is 23.6. The average Bonchev–Trinajstić information content (AvgIpc) is 2.71. The summed E-state index contributed by atoms with van der Waals surface area (Å²) in [6.07, 6.45) is 2.61. The maximum Gasteiger partial charge on any atom is 0.319 e. The molecule has 0 radical (unpaired) electrons. The number of amides is 1. The van der Waals surface area contributed by atoms with Crippen molar-refractivity contribution in [2.24, 2.45) is 5.73 Å². The van der Waals surface area contributed by atoms with Crippen molar-refractivity contribution in [2.45, 2.75) is 19.3 Å². The van der Waals surface area contributed by atoms with E-state index in [1.165, 1.54) is 10.2 Å². The second-order valence-corrected chi connectivity index (χ2v) is 8.55. The fourth-order valence-corrected chi connectivity index (χ4v) is 3.13. The number of hydrogen-bond donors (Lipinski definition) is 2. The summed E-state index contributed by atoms with van der Waals surface area (Å²) >= 11 is 1.93. The molecule has 0 atom stereocenters. The summed E-state index contributed by atoms with van der Waals surface area (Å²) < 4.78 is 6.27. The maximum absolute atomic E-state index is 11.8. The molecule has 0 bridgehead atoms. The quantitative estimate of drug-likeness (QED) is 0.0689. The third kappa shape index (κ3) is 16.0. The lowest BCUT2D eigenvalue weighted by Crippen LogP contribution is -2.44. The number of unbranched alkanes of at least 4 members (excludes halogenated alkanes) is 1. The third-order valence-electron chi connectivity index (χ3n) is 4.64. The number of aldehydes is 1. The molecule has 0 aliphatic heterocycles. The van der Waals surface area contributed by atoms with Crippen LogP contribution in [0.1, 0.15) is 19.3 Å². The van der Waals surface area contributed by atoms with E-state index in [1.807, 2.05) is 32.7 Å². The number of aliphatic carboxylic acids is 1. The fraction of sp³-hybridized carbons (Fsp3) is 0.789. The van der Waals surface area contributed by atoms with Gasteiger partial charge in [0, 0.05) is 52.7 Å². The van der Waals surface area contributed by atoms with Crippen LogP contribution in [-0.4, -0.2) is 127 Å². The molecule has 3 N–H and O–H groups in total. The van der Waals surface area contributed by atoms with Gasteiger partial charge in [0.2, 0.25) is 5.91 Å². The molecule has 12 heteroatoms. The predicted molar refractivity (Wildman–Crippen MR) is 125 cm³/mol. The van der Waals surface area contributed by atoms with Gasteiger partial charge in [-0.15, -0.1) is 0 Å². The lowest BCUT2D eigenvalue weighted by atomic mass is 10.2. The number of nitrogens with zero attached hydrogens (tertiary/aromatic N) is 4. The summed E-state index contributed by atoms with van der Waals surface area (Å²) in [4.78, 5) is 51.1. The monoisotopic (exact) mass is 557 g/mol. The Morgan fingerprint density at radius 3 is 2.03 bits per heavy atom. The second kappa shape index (κ2) is 18.2. The molecule has 0 aliphatic rings. The van der Waals surface area contributed by atoms with Crippen LogP contribution in [0.5, 0.6) is 0 Å². The minimum atomic E-state index is -0.928. The molecular formula is C19H36IN5O6. The van der Waals surface area contributed by atoms with Gasteiger partial charge in [0.05, 0.1) is 49.6 Å². The van der Waals surface area contributed by atoms with Crippen LogP contribution < -0.4 is 5.73 Å². The maximum atomic E-state index is 11.8. The third-order valence-corrected chi connectivity index (χ3v) is 5.18. The van der Waals surface area contributed by atoms with Crippen molar-refractivity contribution < 1.29 is 29.0 Å².